The lowest BCUT2D eigenvalue weighted by molar-refractivity contribution is -0.161. The summed E-state index contributed by atoms with van der Waals surface area (Å²) in [6, 6.07) is 0. The van der Waals surface area contributed by atoms with Crippen LogP contribution in [0.2, 0.25) is 0 Å². The van der Waals surface area contributed by atoms with E-state index in [0.29, 0.717) is 25.7 Å². The molecule has 0 saturated heterocycles. The van der Waals surface area contributed by atoms with Crippen molar-refractivity contribution in [1.29, 1.82) is 0 Å². The topological polar surface area (TPSA) is 160 Å². The van der Waals surface area contributed by atoms with Crippen molar-refractivity contribution in [3.63, 3.8) is 0 Å². The normalized spacial score (nSPS) is 13.9. The molecule has 3 atom stereocenters. The molecule has 0 radical (unpaired) electrons. The maximum atomic E-state index is 12.4. The fraction of sp³-hybridized carbons (Fsp3) is 0.854. The average molecular weight is 761 g/mol. The number of rotatable bonds is 38. The van der Waals surface area contributed by atoms with Gasteiger partial charge in [-0.3, -0.25) is 14.1 Å². The highest BCUT2D eigenvalue weighted by molar-refractivity contribution is 7.46. The molecule has 0 heterocycles. The van der Waals surface area contributed by atoms with Crippen LogP contribution in [0.4, 0.5) is 0 Å². The molecule has 0 aliphatic rings. The molecule has 0 amide bonds. The molecule has 0 aliphatic carbocycles. The van der Waals surface area contributed by atoms with Gasteiger partial charge in [0.1, 0.15) is 6.61 Å². The molecule has 0 rings (SSSR count). The van der Waals surface area contributed by atoms with E-state index < -0.39 is 44.7 Å². The Morgan fingerprint density at radius 2 is 1.00 bits per heavy atom. The van der Waals surface area contributed by atoms with Crippen molar-refractivity contribution < 1.29 is 48.2 Å². The third-order valence-electron chi connectivity index (χ3n) is 9.14. The average Bonchev–Trinajstić information content (AvgIpc) is 3.11. The lowest BCUT2D eigenvalue weighted by Crippen LogP contribution is -2.29. The second-order valence-corrected chi connectivity index (χ2v) is 15.5. The number of phosphoric acid groups is 1. The molecule has 0 spiro atoms. The van der Waals surface area contributed by atoms with Gasteiger partial charge in [-0.2, -0.15) is 0 Å². The highest BCUT2D eigenvalue weighted by atomic mass is 31.2. The molecule has 0 aromatic heterocycles. The zero-order valence-corrected chi connectivity index (χ0v) is 33.8. The summed E-state index contributed by atoms with van der Waals surface area (Å²) in [6.07, 6.45) is 33.5. The number of esters is 2. The summed E-state index contributed by atoms with van der Waals surface area (Å²) < 4.78 is 26.3. The van der Waals surface area contributed by atoms with E-state index in [2.05, 4.69) is 36.6 Å². The second-order valence-electron chi connectivity index (χ2n) is 14.3. The molecule has 0 unspecified atom stereocenters. The van der Waals surface area contributed by atoms with Gasteiger partial charge in [-0.25, -0.2) is 4.57 Å². The highest BCUT2D eigenvalue weighted by Crippen LogP contribution is 2.36. The predicted octanol–water partition coefficient (Wildman–Crippen LogP) is 10.3. The number of hydrogen-bond donors (Lipinski definition) is 4. The van der Waals surface area contributed by atoms with Crippen LogP contribution >= 0.6 is 7.82 Å². The molecular formula is C41H77O10P. The van der Waals surface area contributed by atoms with Crippen molar-refractivity contribution in [3.8, 4) is 0 Å². The lowest BCUT2D eigenvalue weighted by atomic mass is 10.0. The Labute approximate surface area is 316 Å². The number of allylic oxidation sites excluding steroid dienone is 3. The van der Waals surface area contributed by atoms with E-state index in [-0.39, 0.29) is 19.4 Å². The van der Waals surface area contributed by atoms with Crippen molar-refractivity contribution in [1.82, 2.24) is 0 Å². The number of aliphatic hydroxyl groups excluding tert-OH is 2. The van der Waals surface area contributed by atoms with Gasteiger partial charge >= 0.3 is 19.8 Å². The maximum Gasteiger partial charge on any atom is 0.469 e. The molecule has 0 aliphatic heterocycles. The smallest absolute Gasteiger partial charge is 0.462 e. The number of carbonyl (C=O) groups is 2. The number of phosphoric ester groups is 1. The van der Waals surface area contributed by atoms with Crippen LogP contribution in [-0.4, -0.2) is 63.5 Å². The summed E-state index contributed by atoms with van der Waals surface area (Å²) in [5, 5.41) is 20.3. The molecule has 4 N–H and O–H groups in total. The van der Waals surface area contributed by atoms with Gasteiger partial charge in [0.05, 0.1) is 18.8 Å². The molecule has 0 fully saturated rings. The standard InChI is InChI=1S/C41H77O10P/c1-3-5-7-9-11-12-13-14-15-16-17-18-19-20-21-25-29-33-40(44)49-35-37(36-50-52(46,47)48)51-41(45)34-30-26-22-24-28-32-39(43)38(42)31-27-23-10-8-6-4-2/h14-15,23,27,37-39,42-43H,3-13,16-22,24-26,28-36H2,1-2H3,(H2,46,47,48)/b15-14-,27-23-/t37-,38+,39+/m1/s1. The van der Waals surface area contributed by atoms with E-state index in [1.807, 2.05) is 6.08 Å². The molecule has 0 aromatic carbocycles. The fourth-order valence-electron chi connectivity index (χ4n) is 5.86. The molecule has 0 aromatic rings. The first-order valence-corrected chi connectivity index (χ1v) is 22.3. The summed E-state index contributed by atoms with van der Waals surface area (Å²) in [5.74, 6) is -0.998. The van der Waals surface area contributed by atoms with Crippen LogP contribution in [0.3, 0.4) is 0 Å². The summed E-state index contributed by atoms with van der Waals surface area (Å²) in [4.78, 5) is 42.8. The van der Waals surface area contributed by atoms with Crippen LogP contribution in [-0.2, 0) is 28.2 Å². The summed E-state index contributed by atoms with van der Waals surface area (Å²) in [7, 11) is -4.79. The van der Waals surface area contributed by atoms with E-state index in [4.69, 9.17) is 19.3 Å². The maximum absolute atomic E-state index is 12.4. The van der Waals surface area contributed by atoms with E-state index in [0.717, 1.165) is 64.2 Å². The highest BCUT2D eigenvalue weighted by Gasteiger charge is 2.23. The fourth-order valence-corrected chi connectivity index (χ4v) is 6.22. The summed E-state index contributed by atoms with van der Waals surface area (Å²) >= 11 is 0. The first-order chi connectivity index (χ1) is 25.1. The zero-order valence-electron chi connectivity index (χ0n) is 32.9. The van der Waals surface area contributed by atoms with Gasteiger partial charge in [0.15, 0.2) is 6.10 Å². The van der Waals surface area contributed by atoms with Crippen LogP contribution in [0.5, 0.6) is 0 Å². The van der Waals surface area contributed by atoms with Gasteiger partial charge in [0, 0.05) is 12.8 Å². The van der Waals surface area contributed by atoms with Gasteiger partial charge in [0.25, 0.3) is 0 Å². The van der Waals surface area contributed by atoms with E-state index in [9.17, 15) is 24.4 Å². The molecule has 0 bridgehead atoms. The molecule has 0 saturated carbocycles. The van der Waals surface area contributed by atoms with E-state index >= 15 is 0 Å². The van der Waals surface area contributed by atoms with Gasteiger partial charge in [-0.1, -0.05) is 141 Å². The Morgan fingerprint density at radius 1 is 0.558 bits per heavy atom. The Hall–Kier alpha value is -1.55. The monoisotopic (exact) mass is 761 g/mol. The minimum absolute atomic E-state index is 0.113. The second kappa shape index (κ2) is 36.4. The third-order valence-corrected chi connectivity index (χ3v) is 9.63. The molecule has 52 heavy (non-hydrogen) atoms. The first-order valence-electron chi connectivity index (χ1n) is 20.8. The summed E-state index contributed by atoms with van der Waals surface area (Å²) in [6.45, 7) is 3.49. The van der Waals surface area contributed by atoms with Crippen molar-refractivity contribution in [2.24, 2.45) is 0 Å². The number of carbonyl (C=O) groups excluding carboxylic acids is 2. The Balaban J connectivity index is 4.04. The predicted molar refractivity (Wildman–Crippen MR) is 210 cm³/mol. The molecular weight excluding hydrogens is 683 g/mol. The minimum Gasteiger partial charge on any atom is -0.462 e. The van der Waals surface area contributed by atoms with Crippen LogP contribution in [0.25, 0.3) is 0 Å². The van der Waals surface area contributed by atoms with Gasteiger partial charge < -0.3 is 29.5 Å². The number of hydrogen-bond acceptors (Lipinski definition) is 8. The quantitative estimate of drug-likeness (QED) is 0.0206. The molecule has 11 heteroatoms. The van der Waals surface area contributed by atoms with Gasteiger partial charge in [-0.15, -0.1) is 0 Å². The Bertz CT molecular complexity index is 935. The zero-order chi connectivity index (χ0) is 38.5. The SMILES string of the molecule is CCCCC/C=C\C[C@H](O)[C@@H](O)CCCCCCCC(=O)O[C@H](COC(=O)CCCCCCCCC/C=C\CCCCCCCC)COP(=O)(O)O. The molecule has 306 valence electrons. The van der Waals surface area contributed by atoms with Crippen LogP contribution in [0, 0.1) is 0 Å². The Morgan fingerprint density at radius 3 is 1.56 bits per heavy atom. The van der Waals surface area contributed by atoms with Crippen molar-refractivity contribution in [2.45, 2.75) is 212 Å². The van der Waals surface area contributed by atoms with E-state index in [1.54, 1.807) is 0 Å². The molecule has 10 nitrogen and oxygen atoms in total. The van der Waals surface area contributed by atoms with Crippen molar-refractivity contribution in [3.05, 3.63) is 24.3 Å². The van der Waals surface area contributed by atoms with Crippen molar-refractivity contribution in [2.75, 3.05) is 13.2 Å². The van der Waals surface area contributed by atoms with Crippen LogP contribution < -0.4 is 0 Å². The number of unbranched alkanes of at least 4 members (excludes halogenated alkanes) is 20. The minimum atomic E-state index is -4.79. The van der Waals surface area contributed by atoms with Gasteiger partial charge in [0.2, 0.25) is 0 Å². The third kappa shape index (κ3) is 36.8. The Kier molecular flexibility index (Phi) is 35.3. The lowest BCUT2D eigenvalue weighted by Gasteiger charge is -2.18. The van der Waals surface area contributed by atoms with E-state index in [1.165, 1.54) is 77.0 Å². The van der Waals surface area contributed by atoms with Crippen LogP contribution in [0.1, 0.15) is 194 Å². The summed E-state index contributed by atoms with van der Waals surface area (Å²) in [5.41, 5.74) is 0. The largest absolute Gasteiger partial charge is 0.469 e. The van der Waals surface area contributed by atoms with Crippen LogP contribution in [0.15, 0.2) is 24.3 Å². The number of aliphatic hydroxyl groups is 2. The number of ether oxygens (including phenoxy) is 2. The van der Waals surface area contributed by atoms with Gasteiger partial charge in [-0.05, 0) is 64.2 Å². The first kappa shape index (κ1) is 50.5. The van der Waals surface area contributed by atoms with Crippen molar-refractivity contribution >= 4 is 19.8 Å².